The molecule has 1 aromatic rings. The van der Waals surface area contributed by atoms with Crippen LogP contribution >= 0.6 is 0 Å². The molecule has 0 amide bonds. The van der Waals surface area contributed by atoms with Gasteiger partial charge in [-0.3, -0.25) is 0 Å². The largest absolute Gasteiger partial charge is 0.432 e. The number of nitrogen functional groups attached to an aromatic ring is 1. The molecule has 0 atom stereocenters. The average molecular weight is 316 g/mol. The van der Waals surface area contributed by atoms with Gasteiger partial charge in [0.25, 0.3) is 0 Å². The summed E-state index contributed by atoms with van der Waals surface area (Å²) in [5.74, 6) is -1.73. The second-order valence-corrected chi connectivity index (χ2v) is 4.25. The number of halogens is 6. The van der Waals surface area contributed by atoms with Crippen molar-refractivity contribution in [3.05, 3.63) is 17.9 Å². The molecule has 0 unspecified atom stereocenters. The number of benzene rings is 1. The van der Waals surface area contributed by atoms with Crippen LogP contribution in [0.4, 0.5) is 37.7 Å². The number of rotatable bonds is 7. The molecular formula is C12H14F6N2O. The van der Waals surface area contributed by atoms with Crippen LogP contribution in [-0.2, 0) is 0 Å². The number of nitrogens with one attached hydrogen (secondary N) is 1. The summed E-state index contributed by atoms with van der Waals surface area (Å²) >= 11 is 0. The summed E-state index contributed by atoms with van der Waals surface area (Å²) in [6, 6.07) is 1.75. The predicted molar refractivity (Wildman–Crippen MR) is 65.8 cm³/mol. The van der Waals surface area contributed by atoms with E-state index in [0.29, 0.717) is 0 Å². The number of nitrogens with two attached hydrogens (primary N) is 1. The molecule has 0 aliphatic carbocycles. The van der Waals surface area contributed by atoms with Gasteiger partial charge in [-0.25, -0.2) is 4.39 Å². The molecule has 0 fully saturated rings. The molecule has 9 heteroatoms. The third kappa shape index (κ3) is 6.46. The van der Waals surface area contributed by atoms with E-state index in [9.17, 15) is 26.3 Å². The Morgan fingerprint density at radius 3 is 2.43 bits per heavy atom. The number of unbranched alkanes of at least 4 members (excludes halogenated alkanes) is 1. The minimum absolute atomic E-state index is 0.0510. The SMILES string of the molecule is Nc1cc(F)c(OC(F)F)cc1NCCCCC(F)(F)F. The summed E-state index contributed by atoms with van der Waals surface area (Å²) in [5.41, 5.74) is 5.55. The standard InChI is InChI=1S/C12H14F6N2O/c13-7-5-8(19)9(6-10(7)21-11(14)15)20-4-2-1-3-12(16,17)18/h5-6,11,20H,1-4,19H2. The van der Waals surface area contributed by atoms with Gasteiger partial charge in [0.2, 0.25) is 0 Å². The number of alkyl halides is 5. The van der Waals surface area contributed by atoms with Gasteiger partial charge in [0, 0.05) is 25.1 Å². The van der Waals surface area contributed by atoms with E-state index in [0.717, 1.165) is 12.1 Å². The van der Waals surface area contributed by atoms with Crippen molar-refractivity contribution in [3.63, 3.8) is 0 Å². The van der Waals surface area contributed by atoms with Gasteiger partial charge >= 0.3 is 12.8 Å². The third-order valence-electron chi connectivity index (χ3n) is 2.52. The second-order valence-electron chi connectivity index (χ2n) is 4.25. The highest BCUT2D eigenvalue weighted by Gasteiger charge is 2.25. The molecule has 0 spiro atoms. The average Bonchev–Trinajstić information content (AvgIpc) is 2.32. The predicted octanol–water partition coefficient (Wildman–Crippen LogP) is 4.15. The summed E-state index contributed by atoms with van der Waals surface area (Å²) < 4.78 is 77.1. The minimum Gasteiger partial charge on any atom is -0.432 e. The third-order valence-corrected chi connectivity index (χ3v) is 2.52. The molecule has 0 saturated heterocycles. The van der Waals surface area contributed by atoms with Crippen molar-refractivity contribution in [2.75, 3.05) is 17.6 Å². The van der Waals surface area contributed by atoms with Gasteiger partial charge < -0.3 is 15.8 Å². The Labute approximate surface area is 117 Å². The number of hydrogen-bond acceptors (Lipinski definition) is 3. The van der Waals surface area contributed by atoms with Gasteiger partial charge in [0.05, 0.1) is 11.4 Å². The molecule has 21 heavy (non-hydrogen) atoms. The van der Waals surface area contributed by atoms with Crippen LogP contribution in [0.5, 0.6) is 5.75 Å². The zero-order chi connectivity index (χ0) is 16.0. The first-order chi connectivity index (χ1) is 9.69. The van der Waals surface area contributed by atoms with E-state index in [-0.39, 0.29) is 30.8 Å². The topological polar surface area (TPSA) is 47.3 Å². The molecule has 1 rings (SSSR count). The second kappa shape index (κ2) is 7.28. The van der Waals surface area contributed by atoms with Crippen LogP contribution in [-0.4, -0.2) is 19.3 Å². The van der Waals surface area contributed by atoms with E-state index in [1.54, 1.807) is 0 Å². The fourth-order valence-electron chi connectivity index (χ4n) is 1.58. The van der Waals surface area contributed by atoms with E-state index in [1.165, 1.54) is 0 Å². The normalized spacial score (nSPS) is 11.8. The highest BCUT2D eigenvalue weighted by atomic mass is 19.4. The summed E-state index contributed by atoms with van der Waals surface area (Å²) in [6.45, 7) is -3.05. The lowest BCUT2D eigenvalue weighted by Gasteiger charge is -2.13. The lowest BCUT2D eigenvalue weighted by atomic mass is 10.2. The minimum atomic E-state index is -4.22. The van der Waals surface area contributed by atoms with Crippen molar-refractivity contribution in [2.45, 2.75) is 32.1 Å². The molecule has 3 N–H and O–H groups in total. The van der Waals surface area contributed by atoms with Gasteiger partial charge in [-0.05, 0) is 12.8 Å². The van der Waals surface area contributed by atoms with Crippen LogP contribution in [0.3, 0.4) is 0 Å². The Bertz CT molecular complexity index is 464. The van der Waals surface area contributed by atoms with Crippen molar-refractivity contribution >= 4 is 11.4 Å². The van der Waals surface area contributed by atoms with Crippen LogP contribution < -0.4 is 15.8 Å². The van der Waals surface area contributed by atoms with Crippen LogP contribution in [0, 0.1) is 5.82 Å². The molecule has 0 bridgehead atoms. The first-order valence-electron chi connectivity index (χ1n) is 6.03. The molecule has 0 aromatic heterocycles. The highest BCUT2D eigenvalue weighted by molar-refractivity contribution is 5.68. The highest BCUT2D eigenvalue weighted by Crippen LogP contribution is 2.29. The van der Waals surface area contributed by atoms with Gasteiger partial charge in [0.15, 0.2) is 11.6 Å². The van der Waals surface area contributed by atoms with E-state index in [1.807, 2.05) is 0 Å². The Kier molecular flexibility index (Phi) is 5.98. The Morgan fingerprint density at radius 2 is 1.86 bits per heavy atom. The Balaban J connectivity index is 2.54. The molecule has 0 radical (unpaired) electrons. The molecule has 120 valence electrons. The summed E-state index contributed by atoms with van der Waals surface area (Å²) in [4.78, 5) is 0. The Morgan fingerprint density at radius 1 is 1.19 bits per heavy atom. The molecule has 1 aromatic carbocycles. The quantitative estimate of drug-likeness (QED) is 0.451. The first-order valence-corrected chi connectivity index (χ1v) is 6.03. The van der Waals surface area contributed by atoms with E-state index < -0.39 is 30.8 Å². The lowest BCUT2D eigenvalue weighted by molar-refractivity contribution is -0.135. The number of ether oxygens (including phenoxy) is 1. The van der Waals surface area contributed by atoms with Crippen molar-refractivity contribution in [1.29, 1.82) is 0 Å². The number of hydrogen-bond donors (Lipinski definition) is 2. The summed E-state index contributed by atoms with van der Waals surface area (Å²) in [6.07, 6.45) is -5.01. The monoisotopic (exact) mass is 316 g/mol. The molecule has 0 heterocycles. The van der Waals surface area contributed by atoms with Crippen LogP contribution in [0.2, 0.25) is 0 Å². The first kappa shape index (κ1) is 17.3. The van der Waals surface area contributed by atoms with Crippen molar-refractivity contribution in [2.24, 2.45) is 0 Å². The lowest BCUT2D eigenvalue weighted by Crippen LogP contribution is -2.10. The van der Waals surface area contributed by atoms with Crippen LogP contribution in [0.15, 0.2) is 12.1 Å². The maximum Gasteiger partial charge on any atom is 0.389 e. The van der Waals surface area contributed by atoms with E-state index in [4.69, 9.17) is 5.73 Å². The van der Waals surface area contributed by atoms with Crippen molar-refractivity contribution in [3.8, 4) is 5.75 Å². The van der Waals surface area contributed by atoms with E-state index >= 15 is 0 Å². The summed E-state index contributed by atoms with van der Waals surface area (Å²) in [7, 11) is 0. The van der Waals surface area contributed by atoms with E-state index in [2.05, 4.69) is 10.1 Å². The van der Waals surface area contributed by atoms with Crippen LogP contribution in [0.1, 0.15) is 19.3 Å². The molecule has 0 aliphatic rings. The van der Waals surface area contributed by atoms with Crippen molar-refractivity contribution in [1.82, 2.24) is 0 Å². The van der Waals surface area contributed by atoms with Gasteiger partial charge in [-0.15, -0.1) is 0 Å². The fourth-order valence-corrected chi connectivity index (χ4v) is 1.58. The summed E-state index contributed by atoms with van der Waals surface area (Å²) in [5, 5.41) is 2.66. The Hall–Kier alpha value is -1.80. The van der Waals surface area contributed by atoms with Gasteiger partial charge in [-0.2, -0.15) is 22.0 Å². The fraction of sp³-hybridized carbons (Fsp3) is 0.500. The van der Waals surface area contributed by atoms with Gasteiger partial charge in [-0.1, -0.05) is 0 Å². The van der Waals surface area contributed by atoms with Gasteiger partial charge in [0.1, 0.15) is 0 Å². The molecular weight excluding hydrogens is 302 g/mol. The van der Waals surface area contributed by atoms with Crippen LogP contribution in [0.25, 0.3) is 0 Å². The molecule has 3 nitrogen and oxygen atoms in total. The van der Waals surface area contributed by atoms with Crippen molar-refractivity contribution < 1.29 is 31.1 Å². The smallest absolute Gasteiger partial charge is 0.389 e. The number of anilines is 2. The zero-order valence-corrected chi connectivity index (χ0v) is 10.8. The maximum absolute atomic E-state index is 13.3. The zero-order valence-electron chi connectivity index (χ0n) is 10.8. The maximum atomic E-state index is 13.3. The molecule has 0 saturated carbocycles. The molecule has 0 aliphatic heterocycles.